The molecule has 0 N–H and O–H groups in total. The van der Waals surface area contributed by atoms with Crippen molar-refractivity contribution in [3.8, 4) is 0 Å². The number of allylic oxidation sites excluding steroid dienone is 22. The molecule has 0 aromatic heterocycles. The highest BCUT2D eigenvalue weighted by Gasteiger charge is 2.21. The minimum atomic E-state index is -1.65. The molecule has 0 heterocycles. The third kappa shape index (κ3) is 49.2. The number of rotatable bonds is 44. The van der Waals surface area contributed by atoms with Gasteiger partial charge in [-0.05, 0) is 109 Å². The highest BCUT2D eigenvalue weighted by Crippen LogP contribution is 2.11. The fraction of sp³-hybridized carbons (Fsp3) is 0.569. The predicted molar refractivity (Wildman–Crippen MR) is 278 cm³/mol. The Balaban J connectivity index is 4.49. The van der Waals surface area contributed by atoms with Crippen LogP contribution in [0.1, 0.15) is 155 Å². The molecule has 0 aliphatic heterocycles. The van der Waals surface area contributed by atoms with Crippen LogP contribution in [0.3, 0.4) is 0 Å². The van der Waals surface area contributed by atoms with Crippen LogP contribution in [0, 0.1) is 0 Å². The zero-order chi connectivity index (χ0) is 49.2. The molecular weight excluding hydrogens is 839 g/mol. The second-order valence-electron chi connectivity index (χ2n) is 17.3. The summed E-state index contributed by atoms with van der Waals surface area (Å²) in [5.74, 6) is -2.39. The fourth-order valence-electron chi connectivity index (χ4n) is 6.03. The lowest BCUT2D eigenvalue weighted by Gasteiger charge is -2.26. The lowest BCUT2D eigenvalue weighted by Crippen LogP contribution is -2.44. The van der Waals surface area contributed by atoms with E-state index in [1.807, 2.05) is 21.1 Å². The van der Waals surface area contributed by atoms with Crippen molar-refractivity contribution < 1.29 is 42.9 Å². The van der Waals surface area contributed by atoms with Crippen molar-refractivity contribution in [2.75, 3.05) is 47.5 Å². The number of carboxylic acid groups (broad SMARTS) is 1. The average Bonchev–Trinajstić information content (AvgIpc) is 3.29. The van der Waals surface area contributed by atoms with Crippen LogP contribution in [0.2, 0.25) is 0 Å². The topological polar surface area (TPSA) is 111 Å². The highest BCUT2D eigenvalue weighted by atomic mass is 16.7. The minimum Gasteiger partial charge on any atom is -0.545 e. The third-order valence-corrected chi connectivity index (χ3v) is 9.89. The second-order valence-corrected chi connectivity index (χ2v) is 17.3. The number of carbonyl (C=O) groups excluding carboxylic acids is 3. The Labute approximate surface area is 408 Å². The average molecular weight is 930 g/mol. The van der Waals surface area contributed by atoms with Crippen LogP contribution < -0.4 is 5.11 Å². The Bertz CT molecular complexity index is 1550. The van der Waals surface area contributed by atoms with E-state index >= 15 is 0 Å². The first-order chi connectivity index (χ1) is 32.6. The monoisotopic (exact) mass is 930 g/mol. The standard InChI is InChI=1S/C58H91NO8/c1-6-8-10-12-14-16-18-20-22-23-24-25-26-27-28-29-30-31-32-33-35-37-39-41-43-45-47-49-56(61)67-54(53-66-58(57(62)63)64-51-50-59(3,4)5)52-65-55(60)48-46-44-42-40-38-36-34-21-19-17-15-13-11-9-7-2/h8-11,14-17,20-22,24-25,27-28,30-31,33-35,39,41,54,58H,6-7,12-13,18-19,23,26,29,32,36-38,40,42-53H2,1-5H3/b10-8-,11-9-,16-14-,17-15-,22-20-,25-24-,28-27-,31-30-,34-21-,35-33-,41-39-. The molecule has 0 amide bonds. The summed E-state index contributed by atoms with van der Waals surface area (Å²) in [6.07, 6.45) is 64.9. The van der Waals surface area contributed by atoms with Crippen LogP contribution in [0.15, 0.2) is 134 Å². The first kappa shape index (κ1) is 62.4. The smallest absolute Gasteiger partial charge is 0.306 e. The van der Waals surface area contributed by atoms with Crippen molar-refractivity contribution >= 4 is 17.9 Å². The van der Waals surface area contributed by atoms with Crippen LogP contribution in [0.25, 0.3) is 0 Å². The van der Waals surface area contributed by atoms with Gasteiger partial charge in [0, 0.05) is 12.8 Å². The summed E-state index contributed by atoms with van der Waals surface area (Å²) < 4.78 is 22.5. The number of carbonyl (C=O) groups is 3. The maximum atomic E-state index is 12.8. The van der Waals surface area contributed by atoms with Gasteiger partial charge in [0.05, 0.1) is 40.3 Å². The van der Waals surface area contributed by atoms with Crippen molar-refractivity contribution in [2.24, 2.45) is 0 Å². The van der Waals surface area contributed by atoms with Gasteiger partial charge in [-0.25, -0.2) is 0 Å². The molecular formula is C58H91NO8. The molecule has 0 saturated carbocycles. The Morgan fingerprint density at radius 1 is 0.448 bits per heavy atom. The van der Waals surface area contributed by atoms with E-state index in [0.29, 0.717) is 23.9 Å². The van der Waals surface area contributed by atoms with Gasteiger partial charge in [-0.3, -0.25) is 9.59 Å². The molecule has 0 aliphatic carbocycles. The number of ether oxygens (including phenoxy) is 4. The minimum absolute atomic E-state index is 0.127. The number of unbranched alkanes of at least 4 members (excludes halogenated alkanes) is 7. The zero-order valence-corrected chi connectivity index (χ0v) is 42.5. The Hall–Kier alpha value is -4.57. The lowest BCUT2D eigenvalue weighted by atomic mass is 10.1. The Morgan fingerprint density at radius 3 is 1.22 bits per heavy atom. The molecule has 0 aliphatic rings. The Kier molecular flexibility index (Phi) is 44.6. The van der Waals surface area contributed by atoms with Gasteiger partial charge in [-0.1, -0.05) is 167 Å². The number of nitrogens with zero attached hydrogens (tertiary/aromatic N) is 1. The first-order valence-electron chi connectivity index (χ1n) is 25.3. The Morgan fingerprint density at radius 2 is 0.806 bits per heavy atom. The van der Waals surface area contributed by atoms with Crippen molar-refractivity contribution in [3.05, 3.63) is 134 Å². The van der Waals surface area contributed by atoms with Crippen LogP contribution in [-0.4, -0.2) is 82.3 Å². The number of likely N-dealkylation sites (N-methyl/N-ethyl adjacent to an activating group) is 1. The van der Waals surface area contributed by atoms with Crippen LogP contribution in [0.5, 0.6) is 0 Å². The second kappa shape index (κ2) is 47.9. The molecule has 9 heteroatoms. The molecule has 2 unspecified atom stereocenters. The summed E-state index contributed by atoms with van der Waals surface area (Å²) >= 11 is 0. The molecule has 2 atom stereocenters. The molecule has 376 valence electrons. The van der Waals surface area contributed by atoms with E-state index in [4.69, 9.17) is 18.9 Å². The van der Waals surface area contributed by atoms with E-state index in [1.165, 1.54) is 0 Å². The van der Waals surface area contributed by atoms with E-state index < -0.39 is 30.3 Å². The summed E-state index contributed by atoms with van der Waals surface area (Å²) in [6, 6.07) is 0. The van der Waals surface area contributed by atoms with Gasteiger partial charge < -0.3 is 33.3 Å². The lowest BCUT2D eigenvalue weighted by molar-refractivity contribution is -0.870. The SMILES string of the molecule is CC/C=C\C/C=C\C/C=C\C/C=C\C/C=C\C/C=C\C/C=C\C/C=C\CCCCC(=O)OC(COC(=O)CCCCCCC/C=C\C/C=C\C/C=C\CC)COC(OCC[N+](C)(C)C)C(=O)[O-]. The molecule has 0 radical (unpaired) electrons. The van der Waals surface area contributed by atoms with Crippen LogP contribution in [0.4, 0.5) is 0 Å². The largest absolute Gasteiger partial charge is 0.545 e. The van der Waals surface area contributed by atoms with E-state index in [0.717, 1.165) is 116 Å². The number of hydrogen-bond acceptors (Lipinski definition) is 8. The summed E-state index contributed by atoms with van der Waals surface area (Å²) in [7, 11) is 5.88. The number of hydrogen-bond donors (Lipinski definition) is 0. The van der Waals surface area contributed by atoms with Crippen LogP contribution in [-0.2, 0) is 33.3 Å². The van der Waals surface area contributed by atoms with Crippen molar-refractivity contribution in [3.63, 3.8) is 0 Å². The highest BCUT2D eigenvalue weighted by molar-refractivity contribution is 5.70. The number of quaternary nitrogens is 1. The van der Waals surface area contributed by atoms with E-state index in [1.54, 1.807) is 0 Å². The number of carboxylic acids is 1. The number of esters is 2. The van der Waals surface area contributed by atoms with Gasteiger partial charge in [0.1, 0.15) is 13.2 Å². The molecule has 0 aromatic carbocycles. The quantitative estimate of drug-likeness (QED) is 0.0195. The summed E-state index contributed by atoms with van der Waals surface area (Å²) in [6.45, 7) is 4.40. The molecule has 0 fully saturated rings. The molecule has 0 rings (SSSR count). The maximum absolute atomic E-state index is 12.8. The zero-order valence-electron chi connectivity index (χ0n) is 42.5. The molecule has 9 nitrogen and oxygen atoms in total. The summed E-state index contributed by atoms with van der Waals surface area (Å²) in [4.78, 5) is 37.1. The fourth-order valence-corrected chi connectivity index (χ4v) is 6.03. The van der Waals surface area contributed by atoms with Crippen LogP contribution >= 0.6 is 0 Å². The molecule has 67 heavy (non-hydrogen) atoms. The van der Waals surface area contributed by atoms with Crippen molar-refractivity contribution in [1.82, 2.24) is 0 Å². The number of aliphatic carboxylic acids is 1. The van der Waals surface area contributed by atoms with Gasteiger partial charge in [0.2, 0.25) is 0 Å². The van der Waals surface area contributed by atoms with E-state index in [2.05, 4.69) is 148 Å². The summed E-state index contributed by atoms with van der Waals surface area (Å²) in [5, 5.41) is 11.7. The van der Waals surface area contributed by atoms with Gasteiger partial charge in [-0.15, -0.1) is 0 Å². The van der Waals surface area contributed by atoms with Gasteiger partial charge in [-0.2, -0.15) is 0 Å². The normalized spacial score (nSPS) is 14.0. The third-order valence-electron chi connectivity index (χ3n) is 9.89. The van der Waals surface area contributed by atoms with E-state index in [-0.39, 0.29) is 32.7 Å². The van der Waals surface area contributed by atoms with Gasteiger partial charge in [0.15, 0.2) is 12.4 Å². The van der Waals surface area contributed by atoms with E-state index in [9.17, 15) is 19.5 Å². The predicted octanol–water partition coefficient (Wildman–Crippen LogP) is 13.0. The van der Waals surface area contributed by atoms with Crippen molar-refractivity contribution in [1.29, 1.82) is 0 Å². The van der Waals surface area contributed by atoms with Gasteiger partial charge >= 0.3 is 11.9 Å². The first-order valence-corrected chi connectivity index (χ1v) is 25.3. The molecule has 0 aromatic rings. The summed E-state index contributed by atoms with van der Waals surface area (Å²) in [5.41, 5.74) is 0. The molecule has 0 saturated heterocycles. The van der Waals surface area contributed by atoms with Gasteiger partial charge in [0.25, 0.3) is 0 Å². The maximum Gasteiger partial charge on any atom is 0.306 e. The molecule has 0 bridgehead atoms. The molecule has 0 spiro atoms. The van der Waals surface area contributed by atoms with Crippen molar-refractivity contribution in [2.45, 2.75) is 167 Å².